The first-order valence-corrected chi connectivity index (χ1v) is 7.89. The highest BCUT2D eigenvalue weighted by Crippen LogP contribution is 2.25. The summed E-state index contributed by atoms with van der Waals surface area (Å²) in [6, 6.07) is 1.48. The Bertz CT molecular complexity index is 568. The first kappa shape index (κ1) is 17.1. The van der Waals surface area contributed by atoms with Crippen LogP contribution in [0.3, 0.4) is 0 Å². The van der Waals surface area contributed by atoms with Gasteiger partial charge >= 0.3 is 12.0 Å². The molecule has 0 aliphatic heterocycles. The minimum atomic E-state index is -0.750. The Kier molecular flexibility index (Phi) is 5.78. The number of urea groups is 1. The Labute approximate surface area is 135 Å². The second kappa shape index (κ2) is 7.80. The maximum absolute atomic E-state index is 12.1. The first-order chi connectivity index (χ1) is 11.0. The molecule has 2 amide bonds. The number of carbonyl (C=O) groups is 2. The molecule has 23 heavy (non-hydrogen) atoms. The van der Waals surface area contributed by atoms with Gasteiger partial charge in [-0.2, -0.15) is 0 Å². The van der Waals surface area contributed by atoms with Gasteiger partial charge in [0.1, 0.15) is 5.69 Å². The number of aliphatic carboxylic acids is 1. The fourth-order valence-electron chi connectivity index (χ4n) is 2.73. The molecule has 1 aliphatic carbocycles. The molecule has 7 heteroatoms. The maximum atomic E-state index is 12.1. The van der Waals surface area contributed by atoms with Gasteiger partial charge in [0.25, 0.3) is 0 Å². The minimum Gasteiger partial charge on any atom is -0.481 e. The van der Waals surface area contributed by atoms with Crippen LogP contribution in [0.4, 0.5) is 10.5 Å². The highest BCUT2D eigenvalue weighted by atomic mass is 16.5. The van der Waals surface area contributed by atoms with Gasteiger partial charge in [0.05, 0.1) is 12.5 Å². The number of hydrogen-bond donors (Lipinski definition) is 3. The van der Waals surface area contributed by atoms with Crippen molar-refractivity contribution in [1.82, 2.24) is 10.3 Å². The van der Waals surface area contributed by atoms with E-state index >= 15 is 0 Å². The number of hydrogen-bond acceptors (Lipinski definition) is 4. The third kappa shape index (κ3) is 4.84. The van der Waals surface area contributed by atoms with Crippen molar-refractivity contribution in [2.75, 3.05) is 11.9 Å². The molecule has 1 saturated carbocycles. The fraction of sp³-hybridized carbons (Fsp3) is 0.562. The first-order valence-electron chi connectivity index (χ1n) is 7.89. The summed E-state index contributed by atoms with van der Waals surface area (Å²) in [4.78, 5) is 27.2. The number of pyridine rings is 1. The van der Waals surface area contributed by atoms with Crippen LogP contribution in [0.2, 0.25) is 0 Å². The van der Waals surface area contributed by atoms with Crippen molar-refractivity contribution in [1.29, 1.82) is 0 Å². The van der Waals surface area contributed by atoms with Gasteiger partial charge in [0, 0.05) is 12.2 Å². The molecule has 1 aromatic rings. The predicted molar refractivity (Wildman–Crippen MR) is 85.7 cm³/mol. The number of aryl methyl sites for hydroxylation is 1. The lowest BCUT2D eigenvalue weighted by Crippen LogP contribution is -2.41. The lowest BCUT2D eigenvalue weighted by Gasteiger charge is -2.26. The molecule has 0 bridgehead atoms. The zero-order valence-corrected chi connectivity index (χ0v) is 13.5. The number of aromatic nitrogens is 1. The van der Waals surface area contributed by atoms with E-state index in [-0.39, 0.29) is 18.0 Å². The van der Waals surface area contributed by atoms with Crippen molar-refractivity contribution in [3.63, 3.8) is 0 Å². The van der Waals surface area contributed by atoms with Gasteiger partial charge in [0.2, 0.25) is 5.88 Å². The zero-order valence-electron chi connectivity index (χ0n) is 13.5. The van der Waals surface area contributed by atoms with E-state index < -0.39 is 5.97 Å². The van der Waals surface area contributed by atoms with Crippen LogP contribution in [0.1, 0.15) is 38.2 Å². The summed E-state index contributed by atoms with van der Waals surface area (Å²) < 4.78 is 5.40. The van der Waals surface area contributed by atoms with Gasteiger partial charge in [-0.25, -0.2) is 9.78 Å². The van der Waals surface area contributed by atoms with E-state index in [1.807, 2.05) is 13.8 Å². The van der Waals surface area contributed by atoms with Crippen molar-refractivity contribution in [2.24, 2.45) is 5.92 Å². The van der Waals surface area contributed by atoms with Crippen LogP contribution in [0.15, 0.2) is 12.3 Å². The quantitative estimate of drug-likeness (QED) is 0.774. The van der Waals surface area contributed by atoms with E-state index in [9.17, 15) is 9.59 Å². The number of amides is 2. The molecule has 1 fully saturated rings. The molecule has 3 N–H and O–H groups in total. The monoisotopic (exact) mass is 321 g/mol. The molecule has 0 radical (unpaired) electrons. The number of carboxylic acids is 1. The second-order valence-electron chi connectivity index (χ2n) is 5.78. The molecule has 0 unspecified atom stereocenters. The summed E-state index contributed by atoms with van der Waals surface area (Å²) in [5.41, 5.74) is 1.45. The largest absolute Gasteiger partial charge is 0.481 e. The van der Waals surface area contributed by atoms with Crippen molar-refractivity contribution >= 4 is 17.7 Å². The van der Waals surface area contributed by atoms with Crippen molar-refractivity contribution < 1.29 is 19.4 Å². The molecular formula is C16H23N3O4. The molecule has 0 saturated heterocycles. The molecule has 0 aromatic carbocycles. The molecule has 1 aromatic heterocycles. The molecule has 0 spiro atoms. The molecule has 126 valence electrons. The summed E-state index contributed by atoms with van der Waals surface area (Å²) in [6.07, 6.45) is 4.22. The average molecular weight is 321 g/mol. The van der Waals surface area contributed by atoms with E-state index in [4.69, 9.17) is 9.84 Å². The Morgan fingerprint density at radius 1 is 1.35 bits per heavy atom. The van der Waals surface area contributed by atoms with Gasteiger partial charge in [-0.05, 0) is 51.2 Å². The topological polar surface area (TPSA) is 101 Å². The lowest BCUT2D eigenvalue weighted by molar-refractivity contribution is -0.142. The zero-order chi connectivity index (χ0) is 16.8. The Hall–Kier alpha value is -2.31. The number of anilines is 1. The molecule has 1 heterocycles. The molecule has 2 rings (SSSR count). The Morgan fingerprint density at radius 3 is 2.65 bits per heavy atom. The van der Waals surface area contributed by atoms with Gasteiger partial charge in [-0.15, -0.1) is 0 Å². The third-order valence-corrected chi connectivity index (χ3v) is 3.93. The summed E-state index contributed by atoms with van der Waals surface area (Å²) >= 11 is 0. The van der Waals surface area contributed by atoms with Crippen molar-refractivity contribution in [3.8, 4) is 5.88 Å². The van der Waals surface area contributed by atoms with Gasteiger partial charge in [-0.3, -0.25) is 4.79 Å². The summed E-state index contributed by atoms with van der Waals surface area (Å²) in [5.74, 6) is -0.649. The highest BCUT2D eigenvalue weighted by molar-refractivity contribution is 5.90. The number of carbonyl (C=O) groups excluding carboxylic acids is 1. The van der Waals surface area contributed by atoms with Gasteiger partial charge in [-0.1, -0.05) is 0 Å². The van der Waals surface area contributed by atoms with Crippen molar-refractivity contribution in [2.45, 2.75) is 45.6 Å². The van der Waals surface area contributed by atoms with E-state index in [2.05, 4.69) is 15.6 Å². The third-order valence-electron chi connectivity index (χ3n) is 3.93. The molecular weight excluding hydrogens is 298 g/mol. The molecule has 7 nitrogen and oxygen atoms in total. The number of nitrogens with one attached hydrogen (secondary N) is 2. The van der Waals surface area contributed by atoms with Gasteiger partial charge < -0.3 is 20.5 Å². The molecule has 1 aliphatic rings. The SMILES string of the molecule is CCOc1ncc(C)cc1NC(=O)NC1CCC(C(=O)O)CC1. The van der Waals surface area contributed by atoms with E-state index in [1.54, 1.807) is 12.3 Å². The Balaban J connectivity index is 1.90. The van der Waals surface area contributed by atoms with Gasteiger partial charge in [0.15, 0.2) is 0 Å². The van der Waals surface area contributed by atoms with Crippen LogP contribution in [-0.2, 0) is 4.79 Å². The van der Waals surface area contributed by atoms with Crippen LogP contribution in [0, 0.1) is 12.8 Å². The summed E-state index contributed by atoms with van der Waals surface area (Å²) in [5, 5.41) is 14.6. The van der Waals surface area contributed by atoms with Crippen LogP contribution in [0.25, 0.3) is 0 Å². The van der Waals surface area contributed by atoms with Crippen LogP contribution in [-0.4, -0.2) is 34.7 Å². The number of rotatable bonds is 5. The van der Waals surface area contributed by atoms with Crippen LogP contribution < -0.4 is 15.4 Å². The number of carboxylic acid groups (broad SMARTS) is 1. The summed E-state index contributed by atoms with van der Waals surface area (Å²) in [6.45, 7) is 4.21. The molecule has 0 atom stereocenters. The van der Waals surface area contributed by atoms with E-state index in [0.29, 0.717) is 43.9 Å². The Morgan fingerprint density at radius 2 is 2.04 bits per heavy atom. The van der Waals surface area contributed by atoms with E-state index in [1.165, 1.54) is 0 Å². The van der Waals surface area contributed by atoms with E-state index in [0.717, 1.165) is 5.56 Å². The number of nitrogens with zero attached hydrogens (tertiary/aromatic N) is 1. The highest BCUT2D eigenvalue weighted by Gasteiger charge is 2.26. The van der Waals surface area contributed by atoms with Crippen LogP contribution >= 0.6 is 0 Å². The smallest absolute Gasteiger partial charge is 0.319 e. The van der Waals surface area contributed by atoms with Crippen LogP contribution in [0.5, 0.6) is 5.88 Å². The summed E-state index contributed by atoms with van der Waals surface area (Å²) in [7, 11) is 0. The average Bonchev–Trinajstić information content (AvgIpc) is 2.50. The minimum absolute atomic E-state index is 0.00101. The maximum Gasteiger partial charge on any atom is 0.319 e. The fourth-order valence-corrected chi connectivity index (χ4v) is 2.73. The normalized spacial score (nSPS) is 20.6. The standard InChI is InChI=1S/C16H23N3O4/c1-3-23-14-13(8-10(2)9-17-14)19-16(22)18-12-6-4-11(5-7-12)15(20)21/h8-9,11-12H,3-7H2,1-2H3,(H,20,21)(H2,18,19,22). The number of ether oxygens (including phenoxy) is 1. The van der Waals surface area contributed by atoms with Crippen molar-refractivity contribution in [3.05, 3.63) is 17.8 Å². The predicted octanol–water partition coefficient (Wildman–Crippen LogP) is 2.55. The second-order valence-corrected chi connectivity index (χ2v) is 5.78. The lowest BCUT2D eigenvalue weighted by atomic mass is 9.86.